The number of anilines is 1. The van der Waals surface area contributed by atoms with Crippen molar-refractivity contribution in [2.75, 3.05) is 12.4 Å². The molecule has 0 fully saturated rings. The van der Waals surface area contributed by atoms with Crippen LogP contribution in [-0.4, -0.2) is 33.6 Å². The van der Waals surface area contributed by atoms with Crippen LogP contribution in [0.1, 0.15) is 23.6 Å². The molecular weight excluding hydrogens is 455 g/mol. The highest BCUT2D eigenvalue weighted by atomic mass is 19.4. The van der Waals surface area contributed by atoms with E-state index in [9.17, 15) is 27.9 Å². The molecule has 2 N–H and O–H groups in total. The van der Waals surface area contributed by atoms with E-state index in [2.05, 4.69) is 10.3 Å². The zero-order valence-electron chi connectivity index (χ0n) is 18.1. The van der Waals surface area contributed by atoms with Gasteiger partial charge in [-0.05, 0) is 41.5 Å². The average Bonchev–Trinajstić information content (AvgIpc) is 3.18. The molecule has 11 heteroatoms. The van der Waals surface area contributed by atoms with Crippen molar-refractivity contribution in [3.05, 3.63) is 71.7 Å². The van der Waals surface area contributed by atoms with E-state index in [0.29, 0.717) is 11.1 Å². The van der Waals surface area contributed by atoms with Gasteiger partial charge in [0.1, 0.15) is 0 Å². The maximum atomic E-state index is 12.9. The van der Waals surface area contributed by atoms with Crippen molar-refractivity contribution in [2.24, 2.45) is 0 Å². The van der Waals surface area contributed by atoms with Gasteiger partial charge in [0.15, 0.2) is 17.3 Å². The van der Waals surface area contributed by atoms with Crippen LogP contribution in [0.4, 0.5) is 19.0 Å². The number of amides is 1. The summed E-state index contributed by atoms with van der Waals surface area (Å²) in [7, 11) is 1.30. The molecule has 8 nitrogen and oxygen atoms in total. The topological polar surface area (TPSA) is 103 Å². The van der Waals surface area contributed by atoms with Gasteiger partial charge in [-0.25, -0.2) is 4.98 Å². The summed E-state index contributed by atoms with van der Waals surface area (Å²) in [6, 6.07) is 7.66. The Morgan fingerprint density at radius 1 is 1.24 bits per heavy atom. The van der Waals surface area contributed by atoms with Crippen molar-refractivity contribution < 1.29 is 37.3 Å². The Balaban J connectivity index is 1.66. The molecule has 0 unspecified atom stereocenters. The normalized spacial score (nSPS) is 11.4. The second kappa shape index (κ2) is 10.1. The number of nitrogens with zero attached hydrogens (tertiary/aromatic N) is 2. The lowest BCUT2D eigenvalue weighted by atomic mass is 10.1. The van der Waals surface area contributed by atoms with Crippen molar-refractivity contribution in [3.63, 3.8) is 0 Å². The minimum Gasteiger partial charge on any atom is -0.504 e. The van der Waals surface area contributed by atoms with Gasteiger partial charge in [-0.15, -0.1) is 0 Å². The van der Waals surface area contributed by atoms with Crippen LogP contribution < -0.4 is 14.8 Å². The molecule has 0 saturated carbocycles. The van der Waals surface area contributed by atoms with Crippen LogP contribution >= 0.6 is 0 Å². The minimum atomic E-state index is -4.43. The Hall–Kier alpha value is -4.28. The van der Waals surface area contributed by atoms with Crippen LogP contribution in [0.15, 0.2) is 55.0 Å². The number of aromatic nitrogens is 2. The van der Waals surface area contributed by atoms with Gasteiger partial charge in [0.2, 0.25) is 11.7 Å². The lowest BCUT2D eigenvalue weighted by Gasteiger charge is -2.10. The Bertz CT molecular complexity index is 1230. The number of alkyl halides is 3. The summed E-state index contributed by atoms with van der Waals surface area (Å²) in [5, 5.41) is 12.6. The van der Waals surface area contributed by atoms with E-state index < -0.39 is 23.6 Å². The van der Waals surface area contributed by atoms with Crippen molar-refractivity contribution in [3.8, 4) is 17.2 Å². The summed E-state index contributed by atoms with van der Waals surface area (Å²) in [5.41, 5.74) is 0.0397. The number of carbonyl (C=O) groups excluding carboxylic acids is 2. The smallest absolute Gasteiger partial charge is 0.416 e. The van der Waals surface area contributed by atoms with Crippen LogP contribution in [0.5, 0.6) is 17.2 Å². The van der Waals surface area contributed by atoms with E-state index in [0.717, 1.165) is 12.1 Å². The molecule has 0 aliphatic rings. The highest BCUT2D eigenvalue weighted by Gasteiger charge is 2.30. The van der Waals surface area contributed by atoms with E-state index in [1.807, 2.05) is 0 Å². The van der Waals surface area contributed by atoms with E-state index in [1.54, 1.807) is 6.07 Å². The van der Waals surface area contributed by atoms with E-state index in [1.165, 1.54) is 61.5 Å². The molecule has 0 radical (unpaired) electrons. The molecule has 0 spiro atoms. The third-order valence-corrected chi connectivity index (χ3v) is 4.45. The monoisotopic (exact) mass is 475 g/mol. The Morgan fingerprint density at radius 2 is 2.00 bits per heavy atom. The quantitative estimate of drug-likeness (QED) is 0.301. The number of rotatable bonds is 7. The number of aromatic hydroxyl groups is 1. The number of methoxy groups -OCH3 is 1. The molecule has 34 heavy (non-hydrogen) atoms. The largest absolute Gasteiger partial charge is 0.504 e. The summed E-state index contributed by atoms with van der Waals surface area (Å²) in [5.74, 6) is -1.29. The number of hydrogen-bond donors (Lipinski definition) is 2. The summed E-state index contributed by atoms with van der Waals surface area (Å²) in [4.78, 5) is 27.5. The number of imidazole rings is 1. The van der Waals surface area contributed by atoms with E-state index >= 15 is 0 Å². The first-order chi connectivity index (χ1) is 16.0. The zero-order chi connectivity index (χ0) is 24.9. The van der Waals surface area contributed by atoms with Gasteiger partial charge in [0.05, 0.1) is 19.0 Å². The number of carbonyl (C=O) groups is 2. The van der Waals surface area contributed by atoms with Crippen LogP contribution in [0.25, 0.3) is 6.08 Å². The lowest BCUT2D eigenvalue weighted by Crippen LogP contribution is -2.08. The maximum Gasteiger partial charge on any atom is 0.416 e. The van der Waals surface area contributed by atoms with Gasteiger partial charge in [-0.3, -0.25) is 9.59 Å². The number of halogens is 3. The molecule has 0 aliphatic carbocycles. The molecule has 178 valence electrons. The fourth-order valence-electron chi connectivity index (χ4n) is 3.05. The third kappa shape index (κ3) is 6.37. The van der Waals surface area contributed by atoms with E-state index in [4.69, 9.17) is 9.47 Å². The molecule has 3 rings (SSSR count). The third-order valence-electron chi connectivity index (χ3n) is 4.45. The predicted molar refractivity (Wildman–Crippen MR) is 116 cm³/mol. The first kappa shape index (κ1) is 24.4. The van der Waals surface area contributed by atoms with Crippen LogP contribution in [-0.2, 0) is 22.3 Å². The number of nitrogens with one attached hydrogen (secondary N) is 1. The fourth-order valence-corrected chi connectivity index (χ4v) is 3.05. The second-order valence-corrected chi connectivity index (χ2v) is 7.12. The highest BCUT2D eigenvalue weighted by molar-refractivity contribution is 6.01. The SMILES string of the molecule is COc1c(O)cc(/C=C/C(=O)Nc2cn(Cc3cccc(C(F)(F)F)c3)cn2)cc1OC(C)=O. The van der Waals surface area contributed by atoms with Gasteiger partial charge in [0.25, 0.3) is 0 Å². The second-order valence-electron chi connectivity index (χ2n) is 7.12. The molecule has 0 atom stereocenters. The van der Waals surface area contributed by atoms with Crippen LogP contribution in [0, 0.1) is 0 Å². The molecule has 1 amide bonds. The van der Waals surface area contributed by atoms with Crippen molar-refractivity contribution in [1.82, 2.24) is 9.55 Å². The Labute approximate surface area is 192 Å². The molecule has 1 heterocycles. The van der Waals surface area contributed by atoms with Crippen LogP contribution in [0.3, 0.4) is 0 Å². The Kier molecular flexibility index (Phi) is 7.24. The number of phenolic OH excluding ortho intramolecular Hbond substituents is 1. The van der Waals surface area contributed by atoms with Crippen molar-refractivity contribution in [2.45, 2.75) is 19.6 Å². The average molecular weight is 475 g/mol. The van der Waals surface area contributed by atoms with Crippen molar-refractivity contribution >= 4 is 23.8 Å². The number of hydrogen-bond acceptors (Lipinski definition) is 6. The summed E-state index contributed by atoms with van der Waals surface area (Å²) < 4.78 is 50.2. The number of benzene rings is 2. The lowest BCUT2D eigenvalue weighted by molar-refractivity contribution is -0.137. The summed E-state index contributed by atoms with van der Waals surface area (Å²) in [6.07, 6.45) is 0.971. The summed E-state index contributed by atoms with van der Waals surface area (Å²) >= 11 is 0. The maximum absolute atomic E-state index is 12.9. The minimum absolute atomic E-state index is 0.0107. The molecule has 0 saturated heterocycles. The molecule has 1 aromatic heterocycles. The van der Waals surface area contributed by atoms with Gasteiger partial charge in [-0.2, -0.15) is 13.2 Å². The molecule has 0 bridgehead atoms. The molecule has 0 aliphatic heterocycles. The van der Waals surface area contributed by atoms with E-state index in [-0.39, 0.29) is 29.6 Å². The fraction of sp³-hybridized carbons (Fsp3) is 0.174. The highest BCUT2D eigenvalue weighted by Crippen LogP contribution is 2.38. The van der Waals surface area contributed by atoms with Crippen LogP contribution in [0.2, 0.25) is 0 Å². The first-order valence-corrected chi connectivity index (χ1v) is 9.81. The zero-order valence-corrected chi connectivity index (χ0v) is 18.1. The van der Waals surface area contributed by atoms with Gasteiger partial charge < -0.3 is 24.5 Å². The van der Waals surface area contributed by atoms with Crippen molar-refractivity contribution in [1.29, 1.82) is 0 Å². The number of ether oxygens (including phenoxy) is 2. The standard InChI is InChI=1S/C23H20F3N3O5/c1-14(30)34-19-10-15(9-18(31)22(19)33-2)6-7-21(32)28-20-12-29(13-27-20)11-16-4-3-5-17(8-16)23(24,25)26/h3-10,12-13,31H,11H2,1-2H3,(H,28,32)/b7-6+. The Morgan fingerprint density at radius 3 is 2.68 bits per heavy atom. The first-order valence-electron chi connectivity index (χ1n) is 9.81. The summed E-state index contributed by atoms with van der Waals surface area (Å²) in [6.45, 7) is 1.32. The molecule has 2 aromatic carbocycles. The number of esters is 1. The predicted octanol–water partition coefficient (Wildman–Crippen LogP) is 4.24. The van der Waals surface area contributed by atoms with Gasteiger partial charge in [-0.1, -0.05) is 12.1 Å². The van der Waals surface area contributed by atoms with Gasteiger partial charge in [0, 0.05) is 25.7 Å². The number of phenols is 1. The molecule has 3 aromatic rings. The molecular formula is C23H20F3N3O5. The van der Waals surface area contributed by atoms with Gasteiger partial charge >= 0.3 is 12.1 Å².